The Morgan fingerprint density at radius 1 is 1.50 bits per heavy atom. The summed E-state index contributed by atoms with van der Waals surface area (Å²) in [6, 6.07) is 3.71. The van der Waals surface area contributed by atoms with Gasteiger partial charge in [-0.25, -0.2) is 4.98 Å². The summed E-state index contributed by atoms with van der Waals surface area (Å²) in [4.78, 5) is 17.1. The van der Waals surface area contributed by atoms with Gasteiger partial charge in [-0.3, -0.25) is 4.79 Å². The van der Waals surface area contributed by atoms with Crippen LogP contribution in [0.1, 0.15) is 27.5 Å². The van der Waals surface area contributed by atoms with Crippen LogP contribution in [-0.4, -0.2) is 42.4 Å². The van der Waals surface area contributed by atoms with Crippen molar-refractivity contribution in [3.63, 3.8) is 0 Å². The van der Waals surface area contributed by atoms with Crippen LogP contribution >= 0.6 is 11.3 Å². The Balaban J connectivity index is 1.97. The molecule has 0 aliphatic carbocycles. The average molecular weight is 324 g/mol. The summed E-state index contributed by atoms with van der Waals surface area (Å²) in [7, 11) is 1.53. The SMILES string of the molecule is COCC(O)CCNC(=O)c1sc(-c2ccc(C)o2)nc1C. The molecule has 0 aliphatic rings. The molecule has 2 N–H and O–H groups in total. The maximum Gasteiger partial charge on any atom is 0.263 e. The number of aryl methyl sites for hydroxylation is 2. The van der Waals surface area contributed by atoms with E-state index in [0.717, 1.165) is 5.76 Å². The zero-order valence-electron chi connectivity index (χ0n) is 12.9. The van der Waals surface area contributed by atoms with Gasteiger partial charge in [-0.1, -0.05) is 0 Å². The number of nitrogens with zero attached hydrogens (tertiary/aromatic N) is 1. The van der Waals surface area contributed by atoms with Crippen molar-refractivity contribution in [3.8, 4) is 10.8 Å². The van der Waals surface area contributed by atoms with Gasteiger partial charge in [0.1, 0.15) is 10.6 Å². The van der Waals surface area contributed by atoms with Gasteiger partial charge >= 0.3 is 0 Å². The number of hydrogen-bond acceptors (Lipinski definition) is 6. The fraction of sp³-hybridized carbons (Fsp3) is 0.467. The molecule has 1 amide bonds. The smallest absolute Gasteiger partial charge is 0.263 e. The summed E-state index contributed by atoms with van der Waals surface area (Å²) in [5.74, 6) is 1.29. The highest BCUT2D eigenvalue weighted by Crippen LogP contribution is 2.29. The van der Waals surface area contributed by atoms with E-state index in [1.807, 2.05) is 19.1 Å². The minimum Gasteiger partial charge on any atom is -0.459 e. The number of thiazole rings is 1. The first-order valence-corrected chi connectivity index (χ1v) is 7.82. The van der Waals surface area contributed by atoms with E-state index in [2.05, 4.69) is 10.3 Å². The van der Waals surface area contributed by atoms with Crippen LogP contribution in [0.25, 0.3) is 10.8 Å². The van der Waals surface area contributed by atoms with Crippen LogP contribution in [0, 0.1) is 13.8 Å². The van der Waals surface area contributed by atoms with Gasteiger partial charge in [0.15, 0.2) is 10.8 Å². The molecule has 0 bridgehead atoms. The number of amides is 1. The third-order valence-electron chi connectivity index (χ3n) is 3.08. The Morgan fingerprint density at radius 2 is 2.27 bits per heavy atom. The van der Waals surface area contributed by atoms with Crippen LogP contribution in [0.2, 0.25) is 0 Å². The molecule has 0 saturated carbocycles. The maximum absolute atomic E-state index is 12.2. The normalized spacial score (nSPS) is 12.4. The van der Waals surface area contributed by atoms with Gasteiger partial charge < -0.3 is 19.6 Å². The van der Waals surface area contributed by atoms with Crippen molar-refractivity contribution in [2.75, 3.05) is 20.3 Å². The van der Waals surface area contributed by atoms with Crippen molar-refractivity contribution >= 4 is 17.2 Å². The second-order valence-electron chi connectivity index (χ2n) is 5.00. The standard InChI is InChI=1S/C15H20N2O4S/c1-9-4-5-12(21-9)15-17-10(2)13(22-15)14(19)16-7-6-11(18)8-20-3/h4-5,11,18H,6-8H2,1-3H3,(H,16,19). The number of aromatic nitrogens is 1. The van der Waals surface area contributed by atoms with E-state index in [4.69, 9.17) is 9.15 Å². The molecule has 0 aromatic carbocycles. The Hall–Kier alpha value is -1.70. The van der Waals surface area contributed by atoms with E-state index in [1.54, 1.807) is 6.92 Å². The topological polar surface area (TPSA) is 84.6 Å². The lowest BCUT2D eigenvalue weighted by atomic mass is 10.2. The predicted molar refractivity (Wildman–Crippen MR) is 84.1 cm³/mol. The number of methoxy groups -OCH3 is 1. The first-order valence-electron chi connectivity index (χ1n) is 7.00. The minimum atomic E-state index is -0.575. The van der Waals surface area contributed by atoms with Crippen LogP contribution in [0.4, 0.5) is 0 Å². The van der Waals surface area contributed by atoms with Gasteiger partial charge in [0, 0.05) is 13.7 Å². The number of ether oxygens (including phenoxy) is 1. The monoisotopic (exact) mass is 324 g/mol. The number of hydrogen-bond donors (Lipinski definition) is 2. The zero-order chi connectivity index (χ0) is 16.1. The molecule has 1 unspecified atom stereocenters. The Kier molecular flexibility index (Phi) is 5.70. The molecule has 2 aromatic heterocycles. The first-order chi connectivity index (χ1) is 10.5. The van der Waals surface area contributed by atoms with Crippen LogP contribution in [0.5, 0.6) is 0 Å². The molecule has 0 spiro atoms. The van der Waals surface area contributed by atoms with Crippen LogP contribution < -0.4 is 5.32 Å². The molecule has 2 heterocycles. The summed E-state index contributed by atoms with van der Waals surface area (Å²) in [6.45, 7) is 4.31. The quantitative estimate of drug-likeness (QED) is 0.815. The first kappa shape index (κ1) is 16.7. The summed E-state index contributed by atoms with van der Waals surface area (Å²) < 4.78 is 10.4. The highest BCUT2D eigenvalue weighted by atomic mass is 32.1. The largest absolute Gasteiger partial charge is 0.459 e. The Bertz CT molecular complexity index is 635. The predicted octanol–water partition coefficient (Wildman–Crippen LogP) is 2.15. The fourth-order valence-corrected chi connectivity index (χ4v) is 2.91. The Morgan fingerprint density at radius 3 is 2.91 bits per heavy atom. The molecular formula is C15H20N2O4S. The van der Waals surface area contributed by atoms with E-state index in [0.29, 0.717) is 34.3 Å². The van der Waals surface area contributed by atoms with Gasteiger partial charge in [-0.15, -0.1) is 11.3 Å². The van der Waals surface area contributed by atoms with Crippen molar-refractivity contribution < 1.29 is 19.1 Å². The molecule has 2 rings (SSSR count). The molecule has 0 saturated heterocycles. The third-order valence-corrected chi connectivity index (χ3v) is 4.25. The molecule has 1 atom stereocenters. The van der Waals surface area contributed by atoms with Crippen molar-refractivity contribution in [1.29, 1.82) is 0 Å². The highest BCUT2D eigenvalue weighted by molar-refractivity contribution is 7.17. The van der Waals surface area contributed by atoms with Crippen molar-refractivity contribution in [1.82, 2.24) is 10.3 Å². The molecule has 7 heteroatoms. The second kappa shape index (κ2) is 7.53. The maximum atomic E-state index is 12.2. The average Bonchev–Trinajstić information content (AvgIpc) is 3.05. The van der Waals surface area contributed by atoms with E-state index >= 15 is 0 Å². The number of aliphatic hydroxyl groups excluding tert-OH is 1. The van der Waals surface area contributed by atoms with Crippen LogP contribution in [0.3, 0.4) is 0 Å². The Labute approximate surface area is 133 Å². The van der Waals surface area contributed by atoms with Crippen molar-refractivity contribution in [2.45, 2.75) is 26.4 Å². The van der Waals surface area contributed by atoms with Gasteiger partial charge in [-0.05, 0) is 32.4 Å². The summed E-state index contributed by atoms with van der Waals surface area (Å²) in [5, 5.41) is 13.0. The summed E-state index contributed by atoms with van der Waals surface area (Å²) in [5.41, 5.74) is 0.670. The lowest BCUT2D eigenvalue weighted by Gasteiger charge is -2.09. The van der Waals surface area contributed by atoms with Crippen molar-refractivity contribution in [2.24, 2.45) is 0 Å². The lowest BCUT2D eigenvalue weighted by molar-refractivity contribution is 0.0588. The number of carbonyl (C=O) groups is 1. The molecule has 6 nitrogen and oxygen atoms in total. The number of furan rings is 1. The van der Waals surface area contributed by atoms with E-state index < -0.39 is 6.10 Å². The zero-order valence-corrected chi connectivity index (χ0v) is 13.7. The second-order valence-corrected chi connectivity index (χ2v) is 6.00. The third kappa shape index (κ3) is 4.16. The van der Waals surface area contributed by atoms with Gasteiger partial charge in [0.05, 0.1) is 18.4 Å². The summed E-state index contributed by atoms with van der Waals surface area (Å²) >= 11 is 1.30. The fourth-order valence-electron chi connectivity index (χ4n) is 1.97. The number of aliphatic hydroxyl groups is 1. The number of carbonyl (C=O) groups excluding carboxylic acids is 1. The summed E-state index contributed by atoms with van der Waals surface area (Å²) in [6.07, 6.45) is -0.128. The molecular weight excluding hydrogens is 304 g/mol. The van der Waals surface area contributed by atoms with Crippen LogP contribution in [-0.2, 0) is 4.74 Å². The highest BCUT2D eigenvalue weighted by Gasteiger charge is 2.17. The van der Waals surface area contributed by atoms with Crippen LogP contribution in [0.15, 0.2) is 16.5 Å². The molecule has 0 fully saturated rings. The number of rotatable bonds is 7. The molecule has 22 heavy (non-hydrogen) atoms. The van der Waals surface area contributed by atoms with Crippen molar-refractivity contribution in [3.05, 3.63) is 28.5 Å². The number of nitrogens with one attached hydrogen (secondary N) is 1. The van der Waals surface area contributed by atoms with E-state index in [9.17, 15) is 9.90 Å². The molecule has 120 valence electrons. The molecule has 0 aliphatic heterocycles. The minimum absolute atomic E-state index is 0.186. The molecule has 2 aromatic rings. The van der Waals surface area contributed by atoms with Gasteiger partial charge in [0.2, 0.25) is 0 Å². The lowest BCUT2D eigenvalue weighted by Crippen LogP contribution is -2.28. The van der Waals surface area contributed by atoms with E-state index in [-0.39, 0.29) is 12.5 Å². The van der Waals surface area contributed by atoms with Gasteiger partial charge in [0.25, 0.3) is 5.91 Å². The van der Waals surface area contributed by atoms with Gasteiger partial charge in [-0.2, -0.15) is 0 Å². The molecule has 0 radical (unpaired) electrons. The van der Waals surface area contributed by atoms with E-state index in [1.165, 1.54) is 18.4 Å².